The molecule has 0 radical (unpaired) electrons. The molecule has 2 aromatic rings. The highest BCUT2D eigenvalue weighted by molar-refractivity contribution is 7.89. The van der Waals surface area contributed by atoms with Crippen molar-refractivity contribution in [2.75, 3.05) is 49.6 Å². The first-order valence-electron chi connectivity index (χ1n) is 10.0. The van der Waals surface area contributed by atoms with Crippen molar-refractivity contribution in [3.8, 4) is 0 Å². The predicted molar refractivity (Wildman–Crippen MR) is 124 cm³/mol. The maximum atomic E-state index is 13.3. The maximum Gasteiger partial charge on any atom is 0.257 e. The molecular formula is C21H25Cl2N3O4S. The number of ether oxygens (including phenoxy) is 1. The summed E-state index contributed by atoms with van der Waals surface area (Å²) in [6, 6.07) is 9.40. The van der Waals surface area contributed by atoms with Gasteiger partial charge in [-0.2, -0.15) is 4.31 Å². The Morgan fingerprint density at radius 2 is 1.77 bits per heavy atom. The number of halogens is 2. The van der Waals surface area contributed by atoms with Gasteiger partial charge < -0.3 is 15.0 Å². The molecule has 10 heteroatoms. The number of benzene rings is 2. The van der Waals surface area contributed by atoms with Crippen molar-refractivity contribution in [3.63, 3.8) is 0 Å². The highest BCUT2D eigenvalue weighted by Crippen LogP contribution is 2.30. The number of nitrogens with one attached hydrogen (secondary N) is 1. The van der Waals surface area contributed by atoms with E-state index in [-0.39, 0.29) is 10.5 Å². The molecule has 1 heterocycles. The summed E-state index contributed by atoms with van der Waals surface area (Å²) in [6.45, 7) is 6.48. The maximum absolute atomic E-state index is 13.3. The third-order valence-electron chi connectivity index (χ3n) is 5.08. The van der Waals surface area contributed by atoms with Crippen LogP contribution in [0.3, 0.4) is 0 Å². The monoisotopic (exact) mass is 485 g/mol. The number of carbonyl (C=O) groups is 1. The Morgan fingerprint density at radius 1 is 1.10 bits per heavy atom. The van der Waals surface area contributed by atoms with Gasteiger partial charge in [-0.3, -0.25) is 4.79 Å². The third-order valence-corrected chi connectivity index (χ3v) is 7.69. The lowest BCUT2D eigenvalue weighted by Crippen LogP contribution is -2.37. The standard InChI is InChI=1S/C21H25Cl2N3O4S/c1-3-26(4-2)31(28,29)16-6-8-20(25-9-11-30-12-10-25)17(14-16)21(27)24-19-13-15(22)5-7-18(19)23/h5-8,13-14H,3-4,9-12H2,1-2H3,(H,24,27). The number of amides is 1. The van der Waals surface area contributed by atoms with E-state index in [1.807, 2.05) is 4.90 Å². The van der Waals surface area contributed by atoms with Crippen LogP contribution in [0.5, 0.6) is 0 Å². The van der Waals surface area contributed by atoms with Gasteiger partial charge in [-0.1, -0.05) is 37.0 Å². The van der Waals surface area contributed by atoms with Crippen LogP contribution in [0.1, 0.15) is 24.2 Å². The van der Waals surface area contributed by atoms with Crippen LogP contribution in [0.4, 0.5) is 11.4 Å². The molecule has 3 rings (SSSR count). The van der Waals surface area contributed by atoms with Crippen LogP contribution in [0.2, 0.25) is 10.0 Å². The molecule has 0 unspecified atom stereocenters. The third kappa shape index (κ3) is 5.32. The summed E-state index contributed by atoms with van der Waals surface area (Å²) >= 11 is 12.2. The number of sulfonamides is 1. The second-order valence-corrected chi connectivity index (χ2v) is 9.73. The number of carbonyl (C=O) groups excluding carboxylic acids is 1. The van der Waals surface area contributed by atoms with Crippen LogP contribution in [0.15, 0.2) is 41.3 Å². The molecule has 0 aliphatic carbocycles. The van der Waals surface area contributed by atoms with Crippen molar-refractivity contribution in [3.05, 3.63) is 52.0 Å². The van der Waals surface area contributed by atoms with Gasteiger partial charge in [0.1, 0.15) is 0 Å². The van der Waals surface area contributed by atoms with Crippen LogP contribution < -0.4 is 10.2 Å². The van der Waals surface area contributed by atoms with Gasteiger partial charge >= 0.3 is 0 Å². The average Bonchev–Trinajstić information content (AvgIpc) is 2.77. The van der Waals surface area contributed by atoms with E-state index in [0.29, 0.717) is 60.8 Å². The molecule has 1 aliphatic rings. The number of rotatable bonds is 7. The molecule has 2 aromatic carbocycles. The summed E-state index contributed by atoms with van der Waals surface area (Å²) in [5, 5.41) is 3.51. The topological polar surface area (TPSA) is 79.0 Å². The fourth-order valence-corrected chi connectivity index (χ4v) is 5.25. The van der Waals surface area contributed by atoms with E-state index in [1.165, 1.54) is 10.4 Å². The van der Waals surface area contributed by atoms with Crippen LogP contribution in [-0.2, 0) is 14.8 Å². The number of hydrogen-bond acceptors (Lipinski definition) is 5. The van der Waals surface area contributed by atoms with Gasteiger partial charge in [0, 0.05) is 36.9 Å². The van der Waals surface area contributed by atoms with E-state index in [2.05, 4.69) is 5.32 Å². The highest BCUT2D eigenvalue weighted by atomic mass is 35.5. The fourth-order valence-electron chi connectivity index (χ4n) is 3.43. The SMILES string of the molecule is CCN(CC)S(=O)(=O)c1ccc(N2CCOCC2)c(C(=O)Nc2cc(Cl)ccc2Cl)c1. The molecule has 1 N–H and O–H groups in total. The predicted octanol–water partition coefficient (Wildman–Crippen LogP) is 4.11. The van der Waals surface area contributed by atoms with Gasteiger partial charge in [-0.15, -0.1) is 0 Å². The minimum atomic E-state index is -3.73. The van der Waals surface area contributed by atoms with E-state index < -0.39 is 15.9 Å². The van der Waals surface area contributed by atoms with Gasteiger partial charge in [0.2, 0.25) is 10.0 Å². The van der Waals surface area contributed by atoms with Crippen molar-refractivity contribution < 1.29 is 17.9 Å². The summed E-state index contributed by atoms with van der Waals surface area (Å²) in [5.41, 5.74) is 1.23. The molecule has 0 aromatic heterocycles. The highest BCUT2D eigenvalue weighted by Gasteiger charge is 2.26. The van der Waals surface area contributed by atoms with Gasteiger partial charge in [0.15, 0.2) is 0 Å². The lowest BCUT2D eigenvalue weighted by Gasteiger charge is -2.30. The van der Waals surface area contributed by atoms with E-state index in [4.69, 9.17) is 27.9 Å². The van der Waals surface area contributed by atoms with Crippen LogP contribution in [0, 0.1) is 0 Å². The Bertz CT molecular complexity index is 1050. The molecule has 0 bridgehead atoms. The summed E-state index contributed by atoms with van der Waals surface area (Å²) in [5.74, 6) is -0.470. The van der Waals surface area contributed by atoms with Crippen molar-refractivity contribution in [2.45, 2.75) is 18.7 Å². The summed E-state index contributed by atoms with van der Waals surface area (Å²) in [6.07, 6.45) is 0. The molecule has 0 spiro atoms. The van der Waals surface area contributed by atoms with Crippen molar-refractivity contribution in [2.24, 2.45) is 0 Å². The Labute approximate surface area is 192 Å². The lowest BCUT2D eigenvalue weighted by atomic mass is 10.1. The zero-order chi connectivity index (χ0) is 22.6. The summed E-state index contributed by atoms with van der Waals surface area (Å²) in [7, 11) is -3.73. The van der Waals surface area contributed by atoms with Crippen molar-refractivity contribution in [1.82, 2.24) is 4.31 Å². The zero-order valence-corrected chi connectivity index (χ0v) is 19.7. The number of nitrogens with zero attached hydrogens (tertiary/aromatic N) is 2. The van der Waals surface area contributed by atoms with Crippen molar-refractivity contribution in [1.29, 1.82) is 0 Å². The quantitative estimate of drug-likeness (QED) is 0.637. The van der Waals surface area contributed by atoms with Gasteiger partial charge in [0.25, 0.3) is 5.91 Å². The Balaban J connectivity index is 2.05. The number of morpholine rings is 1. The molecule has 1 saturated heterocycles. The number of anilines is 2. The molecule has 7 nitrogen and oxygen atoms in total. The zero-order valence-electron chi connectivity index (χ0n) is 17.4. The van der Waals surface area contributed by atoms with Gasteiger partial charge in [-0.05, 0) is 36.4 Å². The molecule has 0 saturated carbocycles. The Hall–Kier alpha value is -1.84. The molecule has 1 aliphatic heterocycles. The van der Waals surface area contributed by atoms with E-state index in [1.54, 1.807) is 44.2 Å². The fraction of sp³-hybridized carbons (Fsp3) is 0.381. The van der Waals surface area contributed by atoms with E-state index in [9.17, 15) is 13.2 Å². The van der Waals surface area contributed by atoms with Gasteiger partial charge in [0.05, 0.1) is 34.4 Å². The van der Waals surface area contributed by atoms with E-state index >= 15 is 0 Å². The molecule has 1 fully saturated rings. The minimum absolute atomic E-state index is 0.0653. The molecule has 1 amide bonds. The summed E-state index contributed by atoms with van der Waals surface area (Å²) in [4.78, 5) is 15.3. The van der Waals surface area contributed by atoms with Crippen LogP contribution in [0.25, 0.3) is 0 Å². The molecular weight excluding hydrogens is 461 g/mol. The first-order chi connectivity index (χ1) is 14.8. The van der Waals surface area contributed by atoms with Crippen LogP contribution in [-0.4, -0.2) is 58.0 Å². The normalized spacial score (nSPS) is 14.7. The second-order valence-electron chi connectivity index (χ2n) is 6.95. The van der Waals surface area contributed by atoms with Gasteiger partial charge in [-0.25, -0.2) is 8.42 Å². The van der Waals surface area contributed by atoms with Crippen molar-refractivity contribution >= 4 is 50.5 Å². The largest absolute Gasteiger partial charge is 0.378 e. The second kappa shape index (κ2) is 10.2. The molecule has 168 valence electrons. The lowest BCUT2D eigenvalue weighted by molar-refractivity contribution is 0.102. The number of hydrogen-bond donors (Lipinski definition) is 1. The first kappa shape index (κ1) is 23.8. The molecule has 0 atom stereocenters. The Morgan fingerprint density at radius 3 is 2.42 bits per heavy atom. The average molecular weight is 486 g/mol. The first-order valence-corrected chi connectivity index (χ1v) is 12.2. The summed E-state index contributed by atoms with van der Waals surface area (Å²) < 4.78 is 32.8. The molecule has 31 heavy (non-hydrogen) atoms. The minimum Gasteiger partial charge on any atom is -0.378 e. The van der Waals surface area contributed by atoms with Crippen LogP contribution >= 0.6 is 23.2 Å². The van der Waals surface area contributed by atoms with E-state index in [0.717, 1.165) is 0 Å². The smallest absolute Gasteiger partial charge is 0.257 e. The Kier molecular flexibility index (Phi) is 7.82.